The number of pyridine rings is 1. The van der Waals surface area contributed by atoms with Crippen LogP contribution in [0.4, 0.5) is 0 Å². The minimum atomic E-state index is 0.130. The van der Waals surface area contributed by atoms with E-state index in [1.807, 2.05) is 24.3 Å². The lowest BCUT2D eigenvalue weighted by molar-refractivity contribution is 0.549. The Labute approximate surface area is 115 Å². The summed E-state index contributed by atoms with van der Waals surface area (Å²) in [5, 5.41) is 0. The van der Waals surface area contributed by atoms with Crippen LogP contribution in [0.5, 0.6) is 0 Å². The molecule has 0 amide bonds. The Morgan fingerprint density at radius 2 is 1.88 bits per heavy atom. The molecular weight excluding hydrogens is 325 g/mol. The molecule has 0 spiro atoms. The van der Waals surface area contributed by atoms with Gasteiger partial charge in [0.15, 0.2) is 0 Å². The Bertz CT molecular complexity index is 473. The van der Waals surface area contributed by atoms with Gasteiger partial charge >= 0.3 is 0 Å². The van der Waals surface area contributed by atoms with Gasteiger partial charge in [-0.1, -0.05) is 18.2 Å². The first-order chi connectivity index (χ1) is 8.31. The van der Waals surface area contributed by atoms with Crippen LogP contribution in [-0.2, 0) is 6.42 Å². The van der Waals surface area contributed by atoms with Crippen molar-refractivity contribution in [3.63, 3.8) is 0 Å². The highest BCUT2D eigenvalue weighted by molar-refractivity contribution is 14.1. The van der Waals surface area contributed by atoms with E-state index in [9.17, 15) is 0 Å². The van der Waals surface area contributed by atoms with Crippen molar-refractivity contribution >= 4 is 22.6 Å². The van der Waals surface area contributed by atoms with Crippen LogP contribution in [0.25, 0.3) is 0 Å². The Balaban J connectivity index is 2.21. The van der Waals surface area contributed by atoms with Gasteiger partial charge in [0, 0.05) is 16.0 Å². The second-order valence-electron chi connectivity index (χ2n) is 3.80. The quantitative estimate of drug-likeness (QED) is 0.511. The lowest BCUT2D eigenvalue weighted by atomic mass is 10.0. The summed E-state index contributed by atoms with van der Waals surface area (Å²) >= 11 is 2.33. The van der Waals surface area contributed by atoms with Crippen LogP contribution in [0.15, 0.2) is 48.8 Å². The average Bonchev–Trinajstić information content (AvgIpc) is 2.38. The molecule has 0 saturated heterocycles. The fourth-order valence-electron chi connectivity index (χ4n) is 1.77. The third kappa shape index (κ3) is 3.24. The summed E-state index contributed by atoms with van der Waals surface area (Å²) in [6, 6.07) is 12.4. The Kier molecular flexibility index (Phi) is 4.47. The zero-order valence-electron chi connectivity index (χ0n) is 9.31. The second kappa shape index (κ2) is 6.09. The number of hydrazine groups is 1. The number of rotatable bonds is 4. The summed E-state index contributed by atoms with van der Waals surface area (Å²) in [5.74, 6) is 5.65. The van der Waals surface area contributed by atoms with Crippen LogP contribution in [0.3, 0.4) is 0 Å². The SMILES string of the molecule is NNC(Cc1ccncc1)c1ccccc1I. The predicted molar refractivity (Wildman–Crippen MR) is 77.2 cm³/mol. The molecule has 1 heterocycles. The molecule has 1 aromatic carbocycles. The van der Waals surface area contributed by atoms with Gasteiger partial charge in [-0.05, 0) is 58.3 Å². The van der Waals surface area contributed by atoms with Crippen molar-refractivity contribution in [1.29, 1.82) is 0 Å². The number of hydrogen-bond acceptors (Lipinski definition) is 3. The van der Waals surface area contributed by atoms with Gasteiger partial charge in [-0.3, -0.25) is 16.3 Å². The Hall–Kier alpha value is -0.980. The van der Waals surface area contributed by atoms with E-state index < -0.39 is 0 Å². The van der Waals surface area contributed by atoms with Gasteiger partial charge in [0.25, 0.3) is 0 Å². The molecule has 4 heteroatoms. The number of nitrogens with zero attached hydrogens (tertiary/aromatic N) is 1. The highest BCUT2D eigenvalue weighted by Crippen LogP contribution is 2.22. The van der Waals surface area contributed by atoms with E-state index in [0.29, 0.717) is 0 Å². The number of hydrogen-bond donors (Lipinski definition) is 2. The van der Waals surface area contributed by atoms with Crippen LogP contribution in [-0.4, -0.2) is 4.98 Å². The third-order valence-electron chi connectivity index (χ3n) is 2.67. The molecule has 2 aromatic rings. The van der Waals surface area contributed by atoms with E-state index in [0.717, 1.165) is 6.42 Å². The topological polar surface area (TPSA) is 50.9 Å². The van der Waals surface area contributed by atoms with E-state index in [4.69, 9.17) is 5.84 Å². The summed E-state index contributed by atoms with van der Waals surface area (Å²) in [6.45, 7) is 0. The Morgan fingerprint density at radius 1 is 1.18 bits per heavy atom. The maximum Gasteiger partial charge on any atom is 0.0510 e. The molecular formula is C13H14IN3. The molecule has 88 valence electrons. The van der Waals surface area contributed by atoms with Crippen molar-refractivity contribution in [2.75, 3.05) is 0 Å². The summed E-state index contributed by atoms with van der Waals surface area (Å²) in [5.41, 5.74) is 5.34. The first-order valence-corrected chi connectivity index (χ1v) is 6.48. The molecule has 0 aliphatic rings. The number of benzene rings is 1. The predicted octanol–water partition coefficient (Wildman–Crippen LogP) is 2.43. The van der Waals surface area contributed by atoms with Crippen molar-refractivity contribution in [3.05, 3.63) is 63.5 Å². The van der Waals surface area contributed by atoms with Crippen molar-refractivity contribution in [3.8, 4) is 0 Å². The first-order valence-electron chi connectivity index (χ1n) is 5.40. The van der Waals surface area contributed by atoms with E-state index >= 15 is 0 Å². The lowest BCUT2D eigenvalue weighted by Crippen LogP contribution is -2.30. The maximum absolute atomic E-state index is 5.65. The molecule has 3 nitrogen and oxygen atoms in total. The summed E-state index contributed by atoms with van der Waals surface area (Å²) < 4.78 is 1.22. The minimum Gasteiger partial charge on any atom is -0.271 e. The van der Waals surface area contributed by atoms with Crippen molar-refractivity contribution in [1.82, 2.24) is 10.4 Å². The van der Waals surface area contributed by atoms with Gasteiger partial charge in [-0.15, -0.1) is 0 Å². The van der Waals surface area contributed by atoms with Gasteiger partial charge in [0.1, 0.15) is 0 Å². The standard InChI is InChI=1S/C13H14IN3/c14-12-4-2-1-3-11(12)13(17-15)9-10-5-7-16-8-6-10/h1-8,13,17H,9,15H2. The zero-order chi connectivity index (χ0) is 12.1. The van der Waals surface area contributed by atoms with Gasteiger partial charge in [-0.25, -0.2) is 0 Å². The smallest absolute Gasteiger partial charge is 0.0510 e. The average molecular weight is 339 g/mol. The van der Waals surface area contributed by atoms with E-state index in [-0.39, 0.29) is 6.04 Å². The number of halogens is 1. The fourth-order valence-corrected chi connectivity index (χ4v) is 2.53. The molecule has 0 saturated carbocycles. The van der Waals surface area contributed by atoms with Crippen LogP contribution >= 0.6 is 22.6 Å². The summed E-state index contributed by atoms with van der Waals surface area (Å²) in [7, 11) is 0. The number of aromatic nitrogens is 1. The van der Waals surface area contributed by atoms with Crippen LogP contribution < -0.4 is 11.3 Å². The molecule has 17 heavy (non-hydrogen) atoms. The minimum absolute atomic E-state index is 0.130. The molecule has 0 bridgehead atoms. The fraction of sp³-hybridized carbons (Fsp3) is 0.154. The molecule has 1 unspecified atom stereocenters. The van der Waals surface area contributed by atoms with Crippen molar-refractivity contribution in [2.24, 2.45) is 5.84 Å². The molecule has 0 radical (unpaired) electrons. The number of nitrogens with one attached hydrogen (secondary N) is 1. The van der Waals surface area contributed by atoms with E-state index in [1.54, 1.807) is 12.4 Å². The van der Waals surface area contributed by atoms with Crippen molar-refractivity contribution < 1.29 is 0 Å². The van der Waals surface area contributed by atoms with Crippen molar-refractivity contribution in [2.45, 2.75) is 12.5 Å². The first kappa shape index (κ1) is 12.5. The third-order valence-corrected chi connectivity index (χ3v) is 3.65. The molecule has 3 N–H and O–H groups in total. The second-order valence-corrected chi connectivity index (χ2v) is 4.96. The van der Waals surface area contributed by atoms with Gasteiger partial charge in [0.05, 0.1) is 6.04 Å². The number of nitrogens with two attached hydrogens (primary N) is 1. The molecule has 1 aromatic heterocycles. The van der Waals surface area contributed by atoms with Gasteiger partial charge in [-0.2, -0.15) is 0 Å². The monoisotopic (exact) mass is 339 g/mol. The summed E-state index contributed by atoms with van der Waals surface area (Å²) in [4.78, 5) is 4.02. The highest BCUT2D eigenvalue weighted by Gasteiger charge is 2.12. The normalized spacial score (nSPS) is 12.4. The Morgan fingerprint density at radius 3 is 2.53 bits per heavy atom. The lowest BCUT2D eigenvalue weighted by Gasteiger charge is -2.17. The van der Waals surface area contributed by atoms with E-state index in [1.165, 1.54) is 14.7 Å². The highest BCUT2D eigenvalue weighted by atomic mass is 127. The van der Waals surface area contributed by atoms with Gasteiger partial charge in [0.2, 0.25) is 0 Å². The molecule has 2 rings (SSSR count). The maximum atomic E-state index is 5.65. The molecule has 0 aliphatic heterocycles. The van der Waals surface area contributed by atoms with Crippen LogP contribution in [0.1, 0.15) is 17.2 Å². The summed E-state index contributed by atoms with van der Waals surface area (Å²) in [6.07, 6.45) is 4.47. The molecule has 1 atom stereocenters. The largest absolute Gasteiger partial charge is 0.271 e. The van der Waals surface area contributed by atoms with Gasteiger partial charge < -0.3 is 0 Å². The zero-order valence-corrected chi connectivity index (χ0v) is 11.5. The molecule has 0 aliphatic carbocycles. The van der Waals surface area contributed by atoms with Crippen LogP contribution in [0, 0.1) is 3.57 Å². The van der Waals surface area contributed by atoms with E-state index in [2.05, 4.69) is 45.1 Å². The molecule has 0 fully saturated rings. The van der Waals surface area contributed by atoms with Crippen LogP contribution in [0.2, 0.25) is 0 Å².